The summed E-state index contributed by atoms with van der Waals surface area (Å²) in [5.74, 6) is -0.331. The van der Waals surface area contributed by atoms with Gasteiger partial charge in [-0.25, -0.2) is 0 Å². The molecule has 0 bridgehead atoms. The van der Waals surface area contributed by atoms with Gasteiger partial charge in [0.15, 0.2) is 0 Å². The molecule has 1 rings (SSSR count). The second-order valence-corrected chi connectivity index (χ2v) is 3.60. The minimum absolute atomic E-state index is 0.138. The largest absolute Gasteiger partial charge is 0.387 e. The number of aliphatic hydroxyl groups is 1. The molecule has 0 radical (unpaired) electrons. The van der Waals surface area contributed by atoms with E-state index >= 15 is 0 Å². The lowest BCUT2D eigenvalue weighted by atomic mass is 10.1. The average Bonchev–Trinajstić information content (AvgIpc) is 2.27. The van der Waals surface area contributed by atoms with Gasteiger partial charge in [0.05, 0.1) is 6.10 Å². The van der Waals surface area contributed by atoms with Gasteiger partial charge in [0.2, 0.25) is 0 Å². The van der Waals surface area contributed by atoms with E-state index in [-0.39, 0.29) is 12.5 Å². The van der Waals surface area contributed by atoms with Gasteiger partial charge in [-0.15, -0.1) is 5.73 Å². The molecule has 16 heavy (non-hydrogen) atoms. The van der Waals surface area contributed by atoms with E-state index in [0.717, 1.165) is 0 Å². The maximum absolute atomic E-state index is 11.0. The number of amides is 1. The van der Waals surface area contributed by atoms with E-state index < -0.39 is 6.10 Å². The van der Waals surface area contributed by atoms with Crippen LogP contribution in [0.15, 0.2) is 42.7 Å². The molecule has 0 saturated carbocycles. The maximum Gasteiger partial charge on any atom is 0.251 e. The van der Waals surface area contributed by atoms with Crippen LogP contribution in [0.5, 0.6) is 0 Å². The molecule has 0 saturated heterocycles. The number of hydrogen-bond acceptors (Lipinski definition) is 2. The minimum atomic E-state index is -0.751. The molecule has 2 N–H and O–H groups in total. The van der Waals surface area contributed by atoms with E-state index in [2.05, 4.69) is 17.6 Å². The zero-order chi connectivity index (χ0) is 12.0. The van der Waals surface area contributed by atoms with Gasteiger partial charge in [0.1, 0.15) is 0 Å². The monoisotopic (exact) mass is 237 g/mol. The number of carbonyl (C=O) groups is 1. The molecule has 1 atom stereocenters. The molecule has 0 aromatic heterocycles. The Labute approximate surface area is 99.1 Å². The van der Waals surface area contributed by atoms with Crippen LogP contribution in [-0.4, -0.2) is 17.6 Å². The van der Waals surface area contributed by atoms with Gasteiger partial charge in [-0.3, -0.25) is 4.79 Å². The van der Waals surface area contributed by atoms with Crippen molar-refractivity contribution in [1.82, 2.24) is 5.32 Å². The van der Waals surface area contributed by atoms with Crippen LogP contribution in [-0.2, 0) is 4.79 Å². The van der Waals surface area contributed by atoms with Crippen LogP contribution in [0.25, 0.3) is 0 Å². The summed E-state index contributed by atoms with van der Waals surface area (Å²) >= 11 is 5.71. The standard InChI is InChI=1S/C12H12ClNO2/c1-2-3-12(16)14-8-11(15)9-4-6-10(13)7-5-9/h3-7,11,15H,1,8H2,(H,14,16)/t11-/m1/s1. The summed E-state index contributed by atoms with van der Waals surface area (Å²) in [6.45, 7) is 3.41. The van der Waals surface area contributed by atoms with Crippen LogP contribution in [0.2, 0.25) is 5.02 Å². The SMILES string of the molecule is C=C=CC(=O)NC[C@@H](O)c1ccc(Cl)cc1. The lowest BCUT2D eigenvalue weighted by Crippen LogP contribution is -2.26. The molecular weight excluding hydrogens is 226 g/mol. The molecule has 0 aliphatic heterocycles. The van der Waals surface area contributed by atoms with Gasteiger partial charge in [0, 0.05) is 17.6 Å². The molecule has 0 spiro atoms. The Balaban J connectivity index is 2.52. The van der Waals surface area contributed by atoms with Crippen molar-refractivity contribution in [3.05, 3.63) is 53.2 Å². The number of rotatable bonds is 4. The van der Waals surface area contributed by atoms with Crippen molar-refractivity contribution in [2.75, 3.05) is 6.54 Å². The van der Waals surface area contributed by atoms with Crippen LogP contribution in [0.3, 0.4) is 0 Å². The van der Waals surface area contributed by atoms with Crippen molar-refractivity contribution in [1.29, 1.82) is 0 Å². The number of nitrogens with one attached hydrogen (secondary N) is 1. The molecule has 0 unspecified atom stereocenters. The molecule has 0 aliphatic carbocycles. The molecule has 0 aliphatic rings. The van der Waals surface area contributed by atoms with Crippen LogP contribution < -0.4 is 5.32 Å². The normalized spacial score (nSPS) is 11.4. The molecule has 0 heterocycles. The summed E-state index contributed by atoms with van der Waals surface area (Å²) < 4.78 is 0. The topological polar surface area (TPSA) is 49.3 Å². The first kappa shape index (κ1) is 12.5. The third-order valence-electron chi connectivity index (χ3n) is 1.96. The summed E-state index contributed by atoms with van der Waals surface area (Å²) in [6, 6.07) is 6.79. The van der Waals surface area contributed by atoms with Crippen molar-refractivity contribution < 1.29 is 9.90 Å². The maximum atomic E-state index is 11.0. The Hall–Kier alpha value is -1.54. The minimum Gasteiger partial charge on any atom is -0.387 e. The van der Waals surface area contributed by atoms with Gasteiger partial charge in [-0.2, -0.15) is 0 Å². The van der Waals surface area contributed by atoms with Crippen molar-refractivity contribution in [3.63, 3.8) is 0 Å². The molecule has 0 fully saturated rings. The van der Waals surface area contributed by atoms with Gasteiger partial charge in [-0.05, 0) is 17.7 Å². The van der Waals surface area contributed by atoms with Crippen LogP contribution >= 0.6 is 11.6 Å². The molecule has 84 valence electrons. The average molecular weight is 238 g/mol. The van der Waals surface area contributed by atoms with E-state index in [1.807, 2.05) is 0 Å². The number of benzene rings is 1. The zero-order valence-electron chi connectivity index (χ0n) is 8.61. The van der Waals surface area contributed by atoms with Crippen molar-refractivity contribution in [3.8, 4) is 0 Å². The summed E-state index contributed by atoms with van der Waals surface area (Å²) in [5.41, 5.74) is 3.05. The molecule has 1 aromatic rings. The van der Waals surface area contributed by atoms with Gasteiger partial charge >= 0.3 is 0 Å². The molecule has 3 nitrogen and oxygen atoms in total. The van der Waals surface area contributed by atoms with Crippen LogP contribution in [0.4, 0.5) is 0 Å². The fraction of sp³-hybridized carbons (Fsp3) is 0.167. The number of aliphatic hydroxyl groups excluding tert-OH is 1. The number of carbonyl (C=O) groups excluding carboxylic acids is 1. The van der Waals surface area contributed by atoms with E-state index in [4.69, 9.17) is 11.6 Å². The van der Waals surface area contributed by atoms with Crippen LogP contribution in [0.1, 0.15) is 11.7 Å². The summed E-state index contributed by atoms with van der Waals surface area (Å²) in [4.78, 5) is 11.0. The van der Waals surface area contributed by atoms with Gasteiger partial charge in [-0.1, -0.05) is 30.3 Å². The second kappa shape index (κ2) is 6.13. The summed E-state index contributed by atoms with van der Waals surface area (Å²) in [7, 11) is 0. The summed E-state index contributed by atoms with van der Waals surface area (Å²) in [5, 5.41) is 12.8. The molecule has 1 amide bonds. The van der Waals surface area contributed by atoms with Crippen molar-refractivity contribution >= 4 is 17.5 Å². The fourth-order valence-corrected chi connectivity index (χ4v) is 1.27. The van der Waals surface area contributed by atoms with E-state index in [9.17, 15) is 9.90 Å². The van der Waals surface area contributed by atoms with Gasteiger partial charge in [0.25, 0.3) is 5.91 Å². The Bertz CT molecular complexity index is 408. The van der Waals surface area contributed by atoms with Crippen molar-refractivity contribution in [2.24, 2.45) is 0 Å². The first-order chi connectivity index (χ1) is 7.63. The van der Waals surface area contributed by atoms with Crippen molar-refractivity contribution in [2.45, 2.75) is 6.10 Å². The lowest BCUT2D eigenvalue weighted by Gasteiger charge is -2.11. The predicted molar refractivity (Wildman–Crippen MR) is 63.1 cm³/mol. The lowest BCUT2D eigenvalue weighted by molar-refractivity contribution is -0.116. The van der Waals surface area contributed by atoms with E-state index in [1.165, 1.54) is 6.08 Å². The predicted octanol–water partition coefficient (Wildman–Crippen LogP) is 1.83. The highest BCUT2D eigenvalue weighted by molar-refractivity contribution is 6.30. The smallest absolute Gasteiger partial charge is 0.251 e. The highest BCUT2D eigenvalue weighted by atomic mass is 35.5. The molecular formula is C12H12ClNO2. The second-order valence-electron chi connectivity index (χ2n) is 3.16. The Morgan fingerprint density at radius 1 is 1.56 bits per heavy atom. The highest BCUT2D eigenvalue weighted by Crippen LogP contribution is 2.15. The van der Waals surface area contributed by atoms with E-state index in [1.54, 1.807) is 24.3 Å². The molecule has 4 heteroatoms. The third-order valence-corrected chi connectivity index (χ3v) is 2.21. The number of hydrogen-bond donors (Lipinski definition) is 2. The molecule has 1 aromatic carbocycles. The quantitative estimate of drug-likeness (QED) is 0.620. The highest BCUT2D eigenvalue weighted by Gasteiger charge is 2.07. The third kappa shape index (κ3) is 3.91. The fourth-order valence-electron chi connectivity index (χ4n) is 1.14. The first-order valence-corrected chi connectivity index (χ1v) is 5.08. The van der Waals surface area contributed by atoms with Crippen LogP contribution in [0, 0.1) is 0 Å². The Morgan fingerprint density at radius 2 is 2.19 bits per heavy atom. The Morgan fingerprint density at radius 3 is 2.75 bits per heavy atom. The summed E-state index contributed by atoms with van der Waals surface area (Å²) in [6.07, 6.45) is 0.425. The number of halogens is 1. The zero-order valence-corrected chi connectivity index (χ0v) is 9.37. The van der Waals surface area contributed by atoms with Gasteiger partial charge < -0.3 is 10.4 Å². The first-order valence-electron chi connectivity index (χ1n) is 4.70. The Kier molecular flexibility index (Phi) is 4.80. The van der Waals surface area contributed by atoms with E-state index in [0.29, 0.717) is 10.6 Å².